The van der Waals surface area contributed by atoms with Gasteiger partial charge in [-0.25, -0.2) is 9.18 Å². The summed E-state index contributed by atoms with van der Waals surface area (Å²) in [6.45, 7) is 4.10. The van der Waals surface area contributed by atoms with E-state index in [9.17, 15) is 9.18 Å². The number of pyridine rings is 1. The third kappa shape index (κ3) is 3.76. The number of rotatable bonds is 5. The van der Waals surface area contributed by atoms with E-state index in [2.05, 4.69) is 20.8 Å². The van der Waals surface area contributed by atoms with E-state index in [-0.39, 0.29) is 30.4 Å². The average molecular weight is 341 g/mol. The highest BCUT2D eigenvalue weighted by Crippen LogP contribution is 2.20. The third-order valence-electron chi connectivity index (χ3n) is 3.97. The molecule has 6 nitrogen and oxygen atoms in total. The van der Waals surface area contributed by atoms with Crippen molar-refractivity contribution in [1.29, 1.82) is 0 Å². The molecule has 3 rings (SSSR count). The van der Waals surface area contributed by atoms with Crippen LogP contribution in [0.5, 0.6) is 0 Å². The Morgan fingerprint density at radius 3 is 2.68 bits per heavy atom. The number of hydrogen-bond donors (Lipinski definition) is 2. The molecule has 0 saturated carbocycles. The van der Waals surface area contributed by atoms with Gasteiger partial charge in [-0.1, -0.05) is 38.1 Å². The van der Waals surface area contributed by atoms with Crippen molar-refractivity contribution in [2.24, 2.45) is 5.92 Å². The van der Waals surface area contributed by atoms with Crippen LogP contribution < -0.4 is 10.6 Å². The van der Waals surface area contributed by atoms with Crippen LogP contribution in [0.2, 0.25) is 0 Å². The largest absolute Gasteiger partial charge is 0.334 e. The maximum atomic E-state index is 13.6. The van der Waals surface area contributed by atoms with Crippen molar-refractivity contribution < 1.29 is 9.18 Å². The van der Waals surface area contributed by atoms with Gasteiger partial charge < -0.3 is 10.6 Å². The summed E-state index contributed by atoms with van der Waals surface area (Å²) in [5.41, 5.74) is 1.16. The smallest absolute Gasteiger partial charge is 0.315 e. The number of carbonyl (C=O) groups is 1. The minimum absolute atomic E-state index is 0.104. The van der Waals surface area contributed by atoms with Crippen molar-refractivity contribution in [2.45, 2.75) is 26.4 Å². The first kappa shape index (κ1) is 16.9. The van der Waals surface area contributed by atoms with Crippen LogP contribution >= 0.6 is 0 Å². The van der Waals surface area contributed by atoms with Crippen molar-refractivity contribution in [1.82, 2.24) is 25.2 Å². The van der Waals surface area contributed by atoms with E-state index in [0.29, 0.717) is 11.4 Å². The highest BCUT2D eigenvalue weighted by atomic mass is 19.1. The summed E-state index contributed by atoms with van der Waals surface area (Å²) in [6.07, 6.45) is 1.86. The van der Waals surface area contributed by atoms with E-state index in [4.69, 9.17) is 0 Å². The van der Waals surface area contributed by atoms with E-state index in [1.807, 2.05) is 42.6 Å². The van der Waals surface area contributed by atoms with E-state index >= 15 is 0 Å². The number of halogens is 1. The summed E-state index contributed by atoms with van der Waals surface area (Å²) in [4.78, 5) is 12.3. The molecular weight excluding hydrogens is 321 g/mol. The SMILES string of the molecule is CC(C)[C@H](NC(=O)NCc1ccccc1F)c1nnc2ccccn12. The number of aromatic nitrogens is 3. The quantitative estimate of drug-likeness (QED) is 0.749. The first-order valence-corrected chi connectivity index (χ1v) is 8.13. The van der Waals surface area contributed by atoms with Crippen molar-refractivity contribution in [3.63, 3.8) is 0 Å². The van der Waals surface area contributed by atoms with Gasteiger partial charge in [-0.15, -0.1) is 10.2 Å². The molecule has 0 aliphatic heterocycles. The summed E-state index contributed by atoms with van der Waals surface area (Å²) in [5.74, 6) is 0.421. The number of fused-ring (bicyclic) bond motifs is 1. The van der Waals surface area contributed by atoms with Crippen LogP contribution in [0.1, 0.15) is 31.3 Å². The van der Waals surface area contributed by atoms with Gasteiger partial charge in [0.2, 0.25) is 0 Å². The first-order valence-electron chi connectivity index (χ1n) is 8.13. The molecule has 0 unspecified atom stereocenters. The first-order chi connectivity index (χ1) is 12.1. The lowest BCUT2D eigenvalue weighted by Gasteiger charge is -2.21. The molecule has 2 amide bonds. The van der Waals surface area contributed by atoms with Crippen molar-refractivity contribution in [2.75, 3.05) is 0 Å². The van der Waals surface area contributed by atoms with E-state index in [1.165, 1.54) is 6.07 Å². The Bertz CT molecular complexity index is 877. The van der Waals surface area contributed by atoms with Crippen LogP contribution in [0.15, 0.2) is 48.7 Å². The second-order valence-corrected chi connectivity index (χ2v) is 6.13. The molecule has 25 heavy (non-hydrogen) atoms. The Morgan fingerprint density at radius 2 is 1.92 bits per heavy atom. The summed E-state index contributed by atoms with van der Waals surface area (Å²) in [5, 5.41) is 13.9. The molecule has 2 N–H and O–H groups in total. The normalized spacial score (nSPS) is 12.3. The van der Waals surface area contributed by atoms with Gasteiger partial charge in [0.25, 0.3) is 0 Å². The number of benzene rings is 1. The fourth-order valence-electron chi connectivity index (χ4n) is 2.61. The zero-order valence-corrected chi connectivity index (χ0v) is 14.1. The monoisotopic (exact) mass is 341 g/mol. The molecule has 0 radical (unpaired) electrons. The number of nitrogens with one attached hydrogen (secondary N) is 2. The number of nitrogens with zero attached hydrogens (tertiary/aromatic N) is 3. The molecule has 0 fully saturated rings. The second kappa shape index (κ2) is 7.29. The van der Waals surface area contributed by atoms with Crippen LogP contribution in [-0.4, -0.2) is 20.6 Å². The van der Waals surface area contributed by atoms with Gasteiger partial charge >= 0.3 is 6.03 Å². The van der Waals surface area contributed by atoms with Crippen LogP contribution in [0.4, 0.5) is 9.18 Å². The predicted molar refractivity (Wildman–Crippen MR) is 92.3 cm³/mol. The number of carbonyl (C=O) groups excluding carboxylic acids is 1. The molecule has 0 spiro atoms. The molecule has 2 aromatic heterocycles. The molecular formula is C18H20FN5O. The standard InChI is InChI=1S/C18H20FN5O/c1-12(2)16(17-23-22-15-9-5-6-10-24(15)17)21-18(25)20-11-13-7-3-4-8-14(13)19/h3-10,12,16H,11H2,1-2H3,(H2,20,21,25)/t16-/m0/s1. The summed E-state index contributed by atoms with van der Waals surface area (Å²) >= 11 is 0. The number of hydrogen-bond acceptors (Lipinski definition) is 3. The van der Waals surface area contributed by atoms with Gasteiger partial charge in [0.05, 0.1) is 6.04 Å². The van der Waals surface area contributed by atoms with Crippen LogP contribution in [-0.2, 0) is 6.54 Å². The van der Waals surface area contributed by atoms with Crippen molar-refractivity contribution in [3.8, 4) is 0 Å². The Kier molecular flexibility index (Phi) is 4.92. The van der Waals surface area contributed by atoms with Gasteiger partial charge in [0.15, 0.2) is 11.5 Å². The Hall–Kier alpha value is -2.96. The molecule has 0 aliphatic carbocycles. The fraction of sp³-hybridized carbons (Fsp3) is 0.278. The summed E-state index contributed by atoms with van der Waals surface area (Å²) < 4.78 is 15.5. The molecule has 0 bridgehead atoms. The molecule has 1 aromatic carbocycles. The number of amides is 2. The summed E-state index contributed by atoms with van der Waals surface area (Å²) in [7, 11) is 0. The predicted octanol–water partition coefficient (Wildman–Crippen LogP) is 3.06. The average Bonchev–Trinajstić information content (AvgIpc) is 3.02. The van der Waals surface area contributed by atoms with Crippen molar-refractivity contribution in [3.05, 3.63) is 65.9 Å². The van der Waals surface area contributed by atoms with E-state index < -0.39 is 0 Å². The summed E-state index contributed by atoms with van der Waals surface area (Å²) in [6, 6.07) is 11.3. The van der Waals surface area contributed by atoms with E-state index in [0.717, 1.165) is 5.65 Å². The zero-order valence-electron chi connectivity index (χ0n) is 14.1. The van der Waals surface area contributed by atoms with Crippen LogP contribution in [0.25, 0.3) is 5.65 Å². The molecule has 7 heteroatoms. The Labute approximate surface area is 145 Å². The highest BCUT2D eigenvalue weighted by Gasteiger charge is 2.23. The second-order valence-electron chi connectivity index (χ2n) is 6.13. The maximum Gasteiger partial charge on any atom is 0.315 e. The molecule has 0 saturated heterocycles. The van der Waals surface area contributed by atoms with Crippen LogP contribution in [0.3, 0.4) is 0 Å². The van der Waals surface area contributed by atoms with Gasteiger partial charge in [0.1, 0.15) is 5.82 Å². The molecule has 3 aromatic rings. The third-order valence-corrected chi connectivity index (χ3v) is 3.97. The lowest BCUT2D eigenvalue weighted by molar-refractivity contribution is 0.231. The minimum Gasteiger partial charge on any atom is -0.334 e. The number of urea groups is 1. The molecule has 130 valence electrons. The zero-order chi connectivity index (χ0) is 17.8. The van der Waals surface area contributed by atoms with Gasteiger partial charge in [-0.3, -0.25) is 4.40 Å². The maximum absolute atomic E-state index is 13.6. The van der Waals surface area contributed by atoms with Crippen molar-refractivity contribution >= 4 is 11.7 Å². The lowest BCUT2D eigenvalue weighted by atomic mass is 10.0. The topological polar surface area (TPSA) is 71.3 Å². The minimum atomic E-state index is -0.380. The lowest BCUT2D eigenvalue weighted by Crippen LogP contribution is -2.40. The Morgan fingerprint density at radius 1 is 1.16 bits per heavy atom. The van der Waals surface area contributed by atoms with Gasteiger partial charge in [-0.05, 0) is 24.1 Å². The molecule has 1 atom stereocenters. The molecule has 2 heterocycles. The highest BCUT2D eigenvalue weighted by molar-refractivity contribution is 5.74. The molecule has 0 aliphatic rings. The van der Waals surface area contributed by atoms with Gasteiger partial charge in [0, 0.05) is 18.3 Å². The van der Waals surface area contributed by atoms with E-state index in [1.54, 1.807) is 18.2 Å². The van der Waals surface area contributed by atoms with Gasteiger partial charge in [-0.2, -0.15) is 0 Å². The Balaban J connectivity index is 1.72. The fourth-order valence-corrected chi connectivity index (χ4v) is 2.61. The van der Waals surface area contributed by atoms with Crippen LogP contribution in [0, 0.1) is 11.7 Å².